The molecule has 1 aromatic heterocycles. The van der Waals surface area contributed by atoms with Gasteiger partial charge in [-0.1, -0.05) is 19.1 Å². The van der Waals surface area contributed by atoms with Gasteiger partial charge in [0.25, 0.3) is 5.69 Å². The second-order valence-electron chi connectivity index (χ2n) is 7.47. The van der Waals surface area contributed by atoms with E-state index in [4.69, 9.17) is 0 Å². The van der Waals surface area contributed by atoms with Crippen molar-refractivity contribution in [2.24, 2.45) is 5.92 Å². The van der Waals surface area contributed by atoms with E-state index < -0.39 is 22.7 Å². The first-order valence-electron chi connectivity index (χ1n) is 9.45. The molecule has 1 aliphatic rings. The van der Waals surface area contributed by atoms with E-state index in [1.54, 1.807) is 4.90 Å². The first-order chi connectivity index (χ1) is 14.2. The molecule has 1 fully saturated rings. The lowest BCUT2D eigenvalue weighted by atomic mass is 9.99. The molecule has 10 heteroatoms. The van der Waals surface area contributed by atoms with Crippen molar-refractivity contribution in [2.45, 2.75) is 25.9 Å². The molecule has 1 atom stereocenters. The smallest absolute Gasteiger partial charge is 0.364 e. The number of aromatic nitrogens is 2. The Morgan fingerprint density at radius 2 is 1.93 bits per heavy atom. The van der Waals surface area contributed by atoms with Crippen LogP contribution in [0.5, 0.6) is 0 Å². The van der Waals surface area contributed by atoms with Gasteiger partial charge in [-0.05, 0) is 37.0 Å². The van der Waals surface area contributed by atoms with Crippen LogP contribution in [0.4, 0.5) is 28.9 Å². The number of halogens is 4. The van der Waals surface area contributed by atoms with Crippen molar-refractivity contribution in [3.8, 4) is 5.69 Å². The molecule has 30 heavy (non-hydrogen) atoms. The van der Waals surface area contributed by atoms with Crippen molar-refractivity contribution < 1.29 is 22.5 Å². The first-order valence-corrected chi connectivity index (χ1v) is 9.45. The highest BCUT2D eigenvalue weighted by molar-refractivity contribution is 5.96. The van der Waals surface area contributed by atoms with Gasteiger partial charge in [0.05, 0.1) is 16.1 Å². The van der Waals surface area contributed by atoms with Gasteiger partial charge in [0.2, 0.25) is 5.82 Å². The summed E-state index contributed by atoms with van der Waals surface area (Å²) in [5.74, 6) is -1.95. The Morgan fingerprint density at radius 1 is 1.20 bits per heavy atom. The fraction of sp³-hybridized carbons (Fsp3) is 0.350. The fourth-order valence-electron chi connectivity index (χ4n) is 4.04. The van der Waals surface area contributed by atoms with Gasteiger partial charge in [0, 0.05) is 19.2 Å². The number of rotatable bonds is 3. The lowest BCUT2D eigenvalue weighted by molar-refractivity contribution is -0.384. The molecule has 6 nitrogen and oxygen atoms in total. The van der Waals surface area contributed by atoms with Crippen LogP contribution in [-0.2, 0) is 6.18 Å². The van der Waals surface area contributed by atoms with Crippen molar-refractivity contribution in [1.82, 2.24) is 9.55 Å². The quantitative estimate of drug-likeness (QED) is 0.325. The number of alkyl halides is 3. The van der Waals surface area contributed by atoms with Crippen molar-refractivity contribution in [3.05, 3.63) is 58.2 Å². The number of nitro benzene ring substituents is 1. The molecule has 0 unspecified atom stereocenters. The summed E-state index contributed by atoms with van der Waals surface area (Å²) in [5, 5.41) is 11.7. The third-order valence-electron chi connectivity index (χ3n) is 5.30. The summed E-state index contributed by atoms with van der Waals surface area (Å²) in [5.41, 5.74) is -0.785. The summed E-state index contributed by atoms with van der Waals surface area (Å²) in [4.78, 5) is 16.5. The highest BCUT2D eigenvalue weighted by atomic mass is 19.4. The number of hydrogen-bond donors (Lipinski definition) is 0. The number of anilines is 1. The summed E-state index contributed by atoms with van der Waals surface area (Å²) in [6.45, 7) is 2.92. The van der Waals surface area contributed by atoms with Gasteiger partial charge in [0.15, 0.2) is 0 Å². The monoisotopic (exact) mass is 422 g/mol. The van der Waals surface area contributed by atoms with E-state index in [2.05, 4.69) is 4.98 Å². The Balaban J connectivity index is 2.07. The highest BCUT2D eigenvalue weighted by Gasteiger charge is 2.40. The molecule has 0 aliphatic carbocycles. The van der Waals surface area contributed by atoms with Crippen molar-refractivity contribution in [3.63, 3.8) is 0 Å². The molecule has 0 radical (unpaired) electrons. The molecular formula is C20H18F4N4O2. The van der Waals surface area contributed by atoms with Gasteiger partial charge in [0.1, 0.15) is 17.0 Å². The minimum absolute atomic E-state index is 0.0359. The third-order valence-corrected chi connectivity index (χ3v) is 5.30. The number of fused-ring (bicyclic) bond motifs is 1. The molecule has 158 valence electrons. The molecule has 0 spiro atoms. The zero-order valence-electron chi connectivity index (χ0n) is 16.0. The first kappa shape index (κ1) is 20.1. The number of nitro groups is 1. The molecule has 0 amide bonds. The van der Waals surface area contributed by atoms with Crippen molar-refractivity contribution in [2.75, 3.05) is 18.0 Å². The SMILES string of the molecule is C[C@@H]1CCCN(c2c([N+](=O)[O-])ccc3c2nc(C(F)(F)F)n3-c2ccccc2F)C1. The zero-order valence-corrected chi connectivity index (χ0v) is 16.0. The molecular weight excluding hydrogens is 404 g/mol. The maximum Gasteiger partial charge on any atom is 0.450 e. The molecule has 2 aromatic carbocycles. The molecule has 4 rings (SSSR count). The average molecular weight is 422 g/mol. The number of hydrogen-bond acceptors (Lipinski definition) is 4. The van der Waals surface area contributed by atoms with E-state index in [0.717, 1.165) is 25.0 Å². The van der Waals surface area contributed by atoms with Crippen LogP contribution in [0.25, 0.3) is 16.7 Å². The summed E-state index contributed by atoms with van der Waals surface area (Å²) in [7, 11) is 0. The molecule has 0 N–H and O–H groups in total. The zero-order chi connectivity index (χ0) is 21.6. The Hall–Kier alpha value is -3.17. The van der Waals surface area contributed by atoms with E-state index in [1.807, 2.05) is 6.92 Å². The summed E-state index contributed by atoms with van der Waals surface area (Å²) in [6, 6.07) is 7.42. The Labute approximate surface area is 168 Å². The second-order valence-corrected chi connectivity index (χ2v) is 7.47. The molecule has 0 bridgehead atoms. The van der Waals surface area contributed by atoms with E-state index in [0.29, 0.717) is 17.7 Å². The molecule has 1 aliphatic heterocycles. The predicted molar refractivity (Wildman–Crippen MR) is 103 cm³/mol. The van der Waals surface area contributed by atoms with Crippen molar-refractivity contribution >= 4 is 22.4 Å². The maximum absolute atomic E-state index is 14.4. The second kappa shape index (κ2) is 7.26. The molecule has 1 saturated heterocycles. The van der Waals surface area contributed by atoms with Gasteiger partial charge < -0.3 is 4.90 Å². The van der Waals surface area contributed by atoms with Gasteiger partial charge in [-0.15, -0.1) is 0 Å². The largest absolute Gasteiger partial charge is 0.450 e. The minimum Gasteiger partial charge on any atom is -0.364 e. The molecule has 3 aromatic rings. The highest BCUT2D eigenvalue weighted by Crippen LogP contribution is 2.42. The number of imidazole rings is 1. The summed E-state index contributed by atoms with van der Waals surface area (Å²) >= 11 is 0. The van der Waals surface area contributed by atoms with Gasteiger partial charge in [-0.3, -0.25) is 14.7 Å². The van der Waals surface area contributed by atoms with Crippen LogP contribution in [0.3, 0.4) is 0 Å². The lowest BCUT2D eigenvalue weighted by Gasteiger charge is -2.32. The number of para-hydroxylation sites is 1. The van der Waals surface area contributed by atoms with Crippen LogP contribution in [0.15, 0.2) is 36.4 Å². The minimum atomic E-state index is -4.89. The topological polar surface area (TPSA) is 64.2 Å². The van der Waals surface area contributed by atoms with E-state index in [9.17, 15) is 27.7 Å². The van der Waals surface area contributed by atoms with Gasteiger partial charge in [-0.25, -0.2) is 9.37 Å². The normalized spacial score (nSPS) is 17.5. The Bertz CT molecular complexity index is 1130. The number of piperidine rings is 1. The number of benzene rings is 2. The summed E-state index contributed by atoms with van der Waals surface area (Å²) in [6.07, 6.45) is -3.20. The van der Waals surface area contributed by atoms with Crippen LogP contribution in [0, 0.1) is 21.8 Å². The summed E-state index contributed by atoms with van der Waals surface area (Å²) < 4.78 is 56.7. The molecule has 0 saturated carbocycles. The molecule has 2 heterocycles. The van der Waals surface area contributed by atoms with E-state index >= 15 is 0 Å². The number of nitrogens with zero attached hydrogens (tertiary/aromatic N) is 4. The van der Waals surface area contributed by atoms with Crippen molar-refractivity contribution in [1.29, 1.82) is 0 Å². The van der Waals surface area contributed by atoms with Crippen LogP contribution in [0.1, 0.15) is 25.6 Å². The standard InChI is InChI=1S/C20H18F4N4O2/c1-12-5-4-10-26(11-12)18-16(28(29)30)9-8-15-17(18)25-19(20(22,23)24)27(15)14-7-3-2-6-13(14)21/h2-3,6-9,12H,4-5,10-11H2,1H3/t12-/m1/s1. The van der Waals surface area contributed by atoms with Crippen LogP contribution >= 0.6 is 0 Å². The van der Waals surface area contributed by atoms with E-state index in [1.165, 1.54) is 24.3 Å². The Kier molecular flexibility index (Phi) is 4.87. The fourth-order valence-corrected chi connectivity index (χ4v) is 4.04. The van der Waals surface area contributed by atoms with Crippen LogP contribution < -0.4 is 4.90 Å². The van der Waals surface area contributed by atoms with Crippen LogP contribution in [-0.4, -0.2) is 27.6 Å². The maximum atomic E-state index is 14.4. The Morgan fingerprint density at radius 3 is 2.57 bits per heavy atom. The lowest BCUT2D eigenvalue weighted by Crippen LogP contribution is -2.34. The van der Waals surface area contributed by atoms with Gasteiger partial charge in [-0.2, -0.15) is 13.2 Å². The van der Waals surface area contributed by atoms with Crippen LogP contribution in [0.2, 0.25) is 0 Å². The average Bonchev–Trinajstić information content (AvgIpc) is 3.07. The predicted octanol–water partition coefficient (Wildman–Crippen LogP) is 5.33. The third kappa shape index (κ3) is 3.35. The van der Waals surface area contributed by atoms with Gasteiger partial charge >= 0.3 is 6.18 Å². The van der Waals surface area contributed by atoms with E-state index in [-0.39, 0.29) is 34.0 Å².